The highest BCUT2D eigenvalue weighted by atomic mass is 35.5. The van der Waals surface area contributed by atoms with Gasteiger partial charge in [-0.25, -0.2) is 9.97 Å². The van der Waals surface area contributed by atoms with Crippen molar-refractivity contribution in [3.8, 4) is 11.5 Å². The summed E-state index contributed by atoms with van der Waals surface area (Å²) >= 11 is 6.51. The van der Waals surface area contributed by atoms with Crippen molar-refractivity contribution < 1.29 is 9.47 Å². The van der Waals surface area contributed by atoms with E-state index in [4.69, 9.17) is 21.1 Å². The summed E-state index contributed by atoms with van der Waals surface area (Å²) in [5, 5.41) is 11.6. The molecule has 1 saturated heterocycles. The van der Waals surface area contributed by atoms with E-state index in [1.54, 1.807) is 6.20 Å². The van der Waals surface area contributed by atoms with Crippen molar-refractivity contribution in [1.29, 1.82) is 0 Å². The Balaban J connectivity index is 0.00000304. The predicted octanol–water partition coefficient (Wildman–Crippen LogP) is 4.75. The van der Waals surface area contributed by atoms with Crippen LogP contribution in [0, 0.1) is 0 Å². The molecule has 1 fully saturated rings. The van der Waals surface area contributed by atoms with E-state index in [1.807, 2.05) is 54.6 Å². The fourth-order valence-corrected chi connectivity index (χ4v) is 4.21. The van der Waals surface area contributed by atoms with E-state index in [-0.39, 0.29) is 17.9 Å². The first-order valence-corrected chi connectivity index (χ1v) is 11.9. The monoisotopic (exact) mass is 526 g/mol. The zero-order chi connectivity index (χ0) is 24.1. The van der Waals surface area contributed by atoms with Crippen molar-refractivity contribution in [2.75, 3.05) is 31.6 Å². The first-order chi connectivity index (χ1) is 17.1. The van der Waals surface area contributed by atoms with Gasteiger partial charge in [-0.1, -0.05) is 23.7 Å². The summed E-state index contributed by atoms with van der Waals surface area (Å²) in [6.07, 6.45) is 3.27. The lowest BCUT2D eigenvalue weighted by atomic mass is 10.0. The normalized spacial score (nSPS) is 17.3. The minimum atomic E-state index is -0.151. The van der Waals surface area contributed by atoms with E-state index in [2.05, 4.69) is 37.8 Å². The SMILES string of the molecule is C[C@]1(COc2cccc3ncnc(Nc4ccc(OCc5ccccn5)c(Cl)c4)c23)CNCCN1.Cl. The lowest BCUT2D eigenvalue weighted by Crippen LogP contribution is -2.60. The van der Waals surface area contributed by atoms with Gasteiger partial charge in [-0.2, -0.15) is 0 Å². The zero-order valence-electron chi connectivity index (χ0n) is 19.8. The van der Waals surface area contributed by atoms with Crippen LogP contribution in [0.1, 0.15) is 12.6 Å². The molecule has 3 N–H and O–H groups in total. The number of anilines is 2. The zero-order valence-corrected chi connectivity index (χ0v) is 21.4. The second kappa shape index (κ2) is 11.7. The molecule has 0 unspecified atom stereocenters. The van der Waals surface area contributed by atoms with Crippen LogP contribution in [-0.4, -0.2) is 46.7 Å². The Labute approximate surface area is 221 Å². The van der Waals surface area contributed by atoms with Crippen molar-refractivity contribution >= 4 is 46.4 Å². The maximum Gasteiger partial charge on any atom is 0.145 e. The molecule has 1 atom stereocenters. The molecule has 2 aromatic heterocycles. The largest absolute Gasteiger partial charge is 0.491 e. The molecule has 8 nitrogen and oxygen atoms in total. The number of pyridine rings is 1. The molecule has 0 amide bonds. The number of hydrogen-bond acceptors (Lipinski definition) is 8. The summed E-state index contributed by atoms with van der Waals surface area (Å²) in [5.41, 5.74) is 2.25. The molecule has 0 aliphatic carbocycles. The van der Waals surface area contributed by atoms with Crippen LogP contribution in [0.15, 0.2) is 67.1 Å². The Kier molecular flexibility index (Phi) is 8.43. The van der Waals surface area contributed by atoms with Gasteiger partial charge in [-0.3, -0.25) is 4.98 Å². The number of fused-ring (bicyclic) bond motifs is 1. The smallest absolute Gasteiger partial charge is 0.145 e. The molecule has 1 aliphatic rings. The molecule has 4 aromatic rings. The Morgan fingerprint density at radius 2 is 1.92 bits per heavy atom. The molecule has 0 radical (unpaired) electrons. The molecule has 0 saturated carbocycles. The molecular weight excluding hydrogens is 499 g/mol. The highest BCUT2D eigenvalue weighted by molar-refractivity contribution is 6.32. The van der Waals surface area contributed by atoms with Crippen molar-refractivity contribution in [1.82, 2.24) is 25.6 Å². The van der Waals surface area contributed by atoms with Crippen LogP contribution in [0.5, 0.6) is 11.5 Å². The summed E-state index contributed by atoms with van der Waals surface area (Å²) in [4.78, 5) is 13.2. The summed E-state index contributed by atoms with van der Waals surface area (Å²) in [6.45, 7) is 5.72. The third-order valence-corrected chi connectivity index (χ3v) is 6.13. The summed E-state index contributed by atoms with van der Waals surface area (Å²) in [7, 11) is 0. The quantitative estimate of drug-likeness (QED) is 0.302. The van der Waals surface area contributed by atoms with Gasteiger partial charge >= 0.3 is 0 Å². The molecule has 5 rings (SSSR count). The van der Waals surface area contributed by atoms with Gasteiger partial charge in [0.05, 0.1) is 27.2 Å². The van der Waals surface area contributed by atoms with Crippen molar-refractivity contribution in [2.24, 2.45) is 0 Å². The van der Waals surface area contributed by atoms with Gasteiger partial charge in [-0.05, 0) is 49.4 Å². The Morgan fingerprint density at radius 1 is 1.00 bits per heavy atom. The third-order valence-electron chi connectivity index (χ3n) is 5.84. The van der Waals surface area contributed by atoms with Gasteiger partial charge in [0.1, 0.15) is 36.9 Å². The van der Waals surface area contributed by atoms with Crippen LogP contribution in [0.25, 0.3) is 10.9 Å². The number of aromatic nitrogens is 3. The van der Waals surface area contributed by atoms with E-state index < -0.39 is 0 Å². The predicted molar refractivity (Wildman–Crippen MR) is 145 cm³/mol. The second-order valence-electron chi connectivity index (χ2n) is 8.71. The number of hydrogen-bond donors (Lipinski definition) is 3. The number of nitrogens with zero attached hydrogens (tertiary/aromatic N) is 3. The molecule has 188 valence electrons. The second-order valence-corrected chi connectivity index (χ2v) is 9.11. The van der Waals surface area contributed by atoms with Gasteiger partial charge in [0.2, 0.25) is 0 Å². The fourth-order valence-electron chi connectivity index (χ4n) is 3.98. The number of nitrogens with one attached hydrogen (secondary N) is 3. The number of benzene rings is 2. The lowest BCUT2D eigenvalue weighted by Gasteiger charge is -2.35. The van der Waals surface area contributed by atoms with Crippen LogP contribution < -0.4 is 25.4 Å². The summed E-state index contributed by atoms with van der Waals surface area (Å²) in [6, 6.07) is 17.1. The van der Waals surface area contributed by atoms with Crippen molar-refractivity contribution in [3.63, 3.8) is 0 Å². The van der Waals surface area contributed by atoms with Crippen LogP contribution in [-0.2, 0) is 6.61 Å². The standard InChI is InChI=1S/C26H27ClN6O2.ClH/c1-26(15-28-11-12-32-26)16-35-23-7-4-6-21-24(23)25(31-17-30-21)33-18-8-9-22(20(27)13-18)34-14-19-5-2-3-10-29-19;/h2-10,13,17,28,32H,11-12,14-16H2,1H3,(H,30,31,33);1H/t26-;/m1./s1. The molecule has 1 aliphatic heterocycles. The van der Waals surface area contributed by atoms with Crippen LogP contribution in [0.4, 0.5) is 11.5 Å². The van der Waals surface area contributed by atoms with Gasteiger partial charge in [-0.15, -0.1) is 12.4 Å². The molecule has 10 heteroatoms. The molecule has 0 spiro atoms. The summed E-state index contributed by atoms with van der Waals surface area (Å²) in [5.74, 6) is 1.95. The molecule has 36 heavy (non-hydrogen) atoms. The first kappa shape index (κ1) is 25.9. The van der Waals surface area contributed by atoms with Gasteiger partial charge in [0, 0.05) is 31.5 Å². The minimum Gasteiger partial charge on any atom is -0.491 e. The Morgan fingerprint density at radius 3 is 2.69 bits per heavy atom. The highest BCUT2D eigenvalue weighted by Gasteiger charge is 2.27. The first-order valence-electron chi connectivity index (χ1n) is 11.5. The van der Waals surface area contributed by atoms with E-state index in [0.29, 0.717) is 29.8 Å². The minimum absolute atomic E-state index is 0. The fraction of sp³-hybridized carbons (Fsp3) is 0.269. The van der Waals surface area contributed by atoms with E-state index >= 15 is 0 Å². The molecule has 3 heterocycles. The van der Waals surface area contributed by atoms with Crippen LogP contribution >= 0.6 is 24.0 Å². The van der Waals surface area contributed by atoms with Crippen molar-refractivity contribution in [2.45, 2.75) is 19.1 Å². The van der Waals surface area contributed by atoms with E-state index in [0.717, 1.165) is 47.7 Å². The number of ether oxygens (including phenoxy) is 2. The Bertz CT molecular complexity index is 1300. The molecule has 2 aromatic carbocycles. The van der Waals surface area contributed by atoms with Gasteiger partial charge in [0.15, 0.2) is 0 Å². The molecular formula is C26H28Cl2N6O2. The van der Waals surface area contributed by atoms with Gasteiger partial charge < -0.3 is 25.4 Å². The number of rotatable bonds is 8. The number of halogens is 2. The van der Waals surface area contributed by atoms with Crippen molar-refractivity contribution in [3.05, 3.63) is 77.8 Å². The molecule has 0 bridgehead atoms. The number of piperazine rings is 1. The topological polar surface area (TPSA) is 93.2 Å². The van der Waals surface area contributed by atoms with E-state index in [1.165, 1.54) is 6.33 Å². The van der Waals surface area contributed by atoms with E-state index in [9.17, 15) is 0 Å². The highest BCUT2D eigenvalue weighted by Crippen LogP contribution is 2.34. The average molecular weight is 527 g/mol. The van der Waals surface area contributed by atoms with Crippen LogP contribution in [0.3, 0.4) is 0 Å². The van der Waals surface area contributed by atoms with Gasteiger partial charge in [0.25, 0.3) is 0 Å². The lowest BCUT2D eigenvalue weighted by molar-refractivity contribution is 0.176. The maximum atomic E-state index is 6.51. The average Bonchev–Trinajstić information content (AvgIpc) is 2.88. The maximum absolute atomic E-state index is 6.51. The summed E-state index contributed by atoms with van der Waals surface area (Å²) < 4.78 is 12.1. The Hall–Kier alpha value is -3.17. The third kappa shape index (κ3) is 6.14. The van der Waals surface area contributed by atoms with Crippen LogP contribution in [0.2, 0.25) is 5.02 Å².